The predicted octanol–water partition coefficient (Wildman–Crippen LogP) is 2.62. The molecular formula is C12H22O2. The van der Waals surface area contributed by atoms with Crippen molar-refractivity contribution in [2.45, 2.75) is 50.7 Å². The summed E-state index contributed by atoms with van der Waals surface area (Å²) in [6.07, 6.45) is 8.85. The summed E-state index contributed by atoms with van der Waals surface area (Å²) in [6, 6.07) is 0. The van der Waals surface area contributed by atoms with Gasteiger partial charge >= 0.3 is 0 Å². The Balaban J connectivity index is 2.01. The first-order valence-electron chi connectivity index (χ1n) is 5.90. The van der Waals surface area contributed by atoms with Crippen LogP contribution in [0.15, 0.2) is 0 Å². The topological polar surface area (TPSA) is 18.5 Å². The van der Waals surface area contributed by atoms with Crippen LogP contribution in [0.4, 0.5) is 0 Å². The first-order valence-corrected chi connectivity index (χ1v) is 5.90. The monoisotopic (exact) mass is 198 g/mol. The fraction of sp³-hybridized carbons (Fsp3) is 1.00. The first-order chi connectivity index (χ1) is 6.85. The lowest BCUT2D eigenvalue weighted by Crippen LogP contribution is -2.42. The van der Waals surface area contributed by atoms with E-state index >= 15 is 0 Å². The minimum absolute atomic E-state index is 0.444. The van der Waals surface area contributed by atoms with Gasteiger partial charge in [-0.05, 0) is 31.1 Å². The summed E-state index contributed by atoms with van der Waals surface area (Å²) in [6.45, 7) is 0. The van der Waals surface area contributed by atoms with Crippen molar-refractivity contribution in [3.8, 4) is 0 Å². The highest BCUT2D eigenvalue weighted by Gasteiger charge is 2.38. The maximum absolute atomic E-state index is 5.61. The smallest absolute Gasteiger partial charge is 0.0626 e. The Labute approximate surface area is 87.0 Å². The highest BCUT2D eigenvalue weighted by molar-refractivity contribution is 4.89. The van der Waals surface area contributed by atoms with E-state index in [1.54, 1.807) is 0 Å². The number of rotatable bonds is 2. The van der Waals surface area contributed by atoms with Gasteiger partial charge in [0.2, 0.25) is 0 Å². The van der Waals surface area contributed by atoms with E-state index < -0.39 is 0 Å². The molecule has 0 saturated heterocycles. The summed E-state index contributed by atoms with van der Waals surface area (Å²) in [7, 11) is 3.69. The molecule has 0 aromatic heterocycles. The van der Waals surface area contributed by atoms with Crippen LogP contribution in [0.5, 0.6) is 0 Å². The van der Waals surface area contributed by atoms with Crippen LogP contribution in [-0.4, -0.2) is 26.4 Å². The largest absolute Gasteiger partial charge is 0.381 e. The standard InChI is InChI=1S/C12H22O2/c1-13-10-7-9-5-3-4-6-11(9)12(8-10)14-2/h9-12H,3-8H2,1-2H3. The zero-order valence-corrected chi connectivity index (χ0v) is 9.37. The van der Waals surface area contributed by atoms with Crippen molar-refractivity contribution in [3.63, 3.8) is 0 Å². The summed E-state index contributed by atoms with van der Waals surface area (Å²) in [4.78, 5) is 0. The van der Waals surface area contributed by atoms with Crippen molar-refractivity contribution in [2.24, 2.45) is 11.8 Å². The van der Waals surface area contributed by atoms with Crippen LogP contribution in [-0.2, 0) is 9.47 Å². The SMILES string of the molecule is COC1CC2CCCCC2C(OC)C1. The molecule has 14 heavy (non-hydrogen) atoms. The molecule has 0 heterocycles. The average Bonchev–Trinajstić information content (AvgIpc) is 2.27. The van der Waals surface area contributed by atoms with E-state index in [-0.39, 0.29) is 0 Å². The van der Waals surface area contributed by atoms with Gasteiger partial charge in [0.25, 0.3) is 0 Å². The number of ether oxygens (including phenoxy) is 2. The van der Waals surface area contributed by atoms with Crippen LogP contribution in [0.1, 0.15) is 38.5 Å². The molecule has 0 bridgehead atoms. The van der Waals surface area contributed by atoms with Gasteiger partial charge in [-0.2, -0.15) is 0 Å². The van der Waals surface area contributed by atoms with E-state index in [2.05, 4.69) is 0 Å². The summed E-state index contributed by atoms with van der Waals surface area (Å²) >= 11 is 0. The van der Waals surface area contributed by atoms with Gasteiger partial charge in [0.1, 0.15) is 0 Å². The molecule has 0 amide bonds. The van der Waals surface area contributed by atoms with E-state index in [0.29, 0.717) is 12.2 Å². The molecule has 2 saturated carbocycles. The lowest BCUT2D eigenvalue weighted by Gasteiger charge is -2.43. The minimum atomic E-state index is 0.444. The molecule has 2 rings (SSSR count). The van der Waals surface area contributed by atoms with Gasteiger partial charge in [-0.3, -0.25) is 0 Å². The Morgan fingerprint density at radius 1 is 0.929 bits per heavy atom. The molecule has 2 heteroatoms. The maximum Gasteiger partial charge on any atom is 0.0626 e. The van der Waals surface area contributed by atoms with Gasteiger partial charge in [0, 0.05) is 20.6 Å². The summed E-state index contributed by atoms with van der Waals surface area (Å²) in [5.41, 5.74) is 0. The lowest BCUT2D eigenvalue weighted by molar-refractivity contribution is -0.0788. The molecule has 0 aromatic carbocycles. The highest BCUT2D eigenvalue weighted by atomic mass is 16.5. The van der Waals surface area contributed by atoms with Crippen molar-refractivity contribution in [1.82, 2.24) is 0 Å². The molecular weight excluding hydrogens is 176 g/mol. The second kappa shape index (κ2) is 4.63. The molecule has 4 atom stereocenters. The zero-order valence-electron chi connectivity index (χ0n) is 9.37. The fourth-order valence-corrected chi connectivity index (χ4v) is 3.35. The minimum Gasteiger partial charge on any atom is -0.381 e. The quantitative estimate of drug-likeness (QED) is 0.679. The molecule has 0 radical (unpaired) electrons. The van der Waals surface area contributed by atoms with Crippen molar-refractivity contribution < 1.29 is 9.47 Å². The van der Waals surface area contributed by atoms with Gasteiger partial charge in [-0.15, -0.1) is 0 Å². The predicted molar refractivity (Wildman–Crippen MR) is 56.3 cm³/mol. The average molecular weight is 198 g/mol. The third-order valence-electron chi connectivity index (χ3n) is 4.14. The molecule has 0 aromatic rings. The molecule has 2 aliphatic rings. The van der Waals surface area contributed by atoms with Crippen LogP contribution in [0.2, 0.25) is 0 Å². The van der Waals surface area contributed by atoms with Crippen LogP contribution < -0.4 is 0 Å². The Hall–Kier alpha value is -0.0800. The van der Waals surface area contributed by atoms with E-state index in [4.69, 9.17) is 9.47 Å². The molecule has 82 valence electrons. The van der Waals surface area contributed by atoms with Gasteiger partial charge in [0.05, 0.1) is 12.2 Å². The van der Waals surface area contributed by atoms with E-state index in [1.165, 1.54) is 32.1 Å². The molecule has 0 aliphatic heterocycles. The Morgan fingerprint density at radius 3 is 2.43 bits per heavy atom. The van der Waals surface area contributed by atoms with Gasteiger partial charge < -0.3 is 9.47 Å². The zero-order chi connectivity index (χ0) is 9.97. The Bertz CT molecular complexity index is 173. The lowest BCUT2D eigenvalue weighted by atomic mass is 9.68. The molecule has 2 fully saturated rings. The number of hydrogen-bond donors (Lipinski definition) is 0. The van der Waals surface area contributed by atoms with Gasteiger partial charge in [-0.1, -0.05) is 12.8 Å². The number of methoxy groups -OCH3 is 2. The van der Waals surface area contributed by atoms with Crippen LogP contribution in [0, 0.1) is 11.8 Å². The van der Waals surface area contributed by atoms with Crippen LogP contribution >= 0.6 is 0 Å². The van der Waals surface area contributed by atoms with Crippen molar-refractivity contribution in [3.05, 3.63) is 0 Å². The highest BCUT2D eigenvalue weighted by Crippen LogP contribution is 2.42. The number of hydrogen-bond acceptors (Lipinski definition) is 2. The Morgan fingerprint density at radius 2 is 1.71 bits per heavy atom. The third-order valence-corrected chi connectivity index (χ3v) is 4.14. The van der Waals surface area contributed by atoms with Crippen LogP contribution in [0.25, 0.3) is 0 Å². The summed E-state index contributed by atoms with van der Waals surface area (Å²) < 4.78 is 11.1. The second-order valence-corrected chi connectivity index (χ2v) is 4.81. The second-order valence-electron chi connectivity index (χ2n) is 4.81. The van der Waals surface area contributed by atoms with Gasteiger partial charge in [-0.25, -0.2) is 0 Å². The molecule has 0 spiro atoms. The van der Waals surface area contributed by atoms with Crippen molar-refractivity contribution >= 4 is 0 Å². The van der Waals surface area contributed by atoms with E-state index in [0.717, 1.165) is 18.3 Å². The normalized spacial score (nSPS) is 43.3. The van der Waals surface area contributed by atoms with E-state index in [9.17, 15) is 0 Å². The third kappa shape index (κ3) is 1.96. The molecule has 2 aliphatic carbocycles. The van der Waals surface area contributed by atoms with Crippen molar-refractivity contribution in [2.75, 3.05) is 14.2 Å². The van der Waals surface area contributed by atoms with Gasteiger partial charge in [0.15, 0.2) is 0 Å². The number of fused-ring (bicyclic) bond motifs is 1. The van der Waals surface area contributed by atoms with E-state index in [1.807, 2.05) is 14.2 Å². The summed E-state index contributed by atoms with van der Waals surface area (Å²) in [5, 5.41) is 0. The van der Waals surface area contributed by atoms with Crippen molar-refractivity contribution in [1.29, 1.82) is 0 Å². The summed E-state index contributed by atoms with van der Waals surface area (Å²) in [5.74, 6) is 1.69. The first kappa shape index (κ1) is 10.4. The van der Waals surface area contributed by atoms with Crippen LogP contribution in [0.3, 0.4) is 0 Å². The molecule has 2 nitrogen and oxygen atoms in total. The molecule has 0 N–H and O–H groups in total. The fourth-order valence-electron chi connectivity index (χ4n) is 3.35. The maximum atomic E-state index is 5.61. The Kier molecular flexibility index (Phi) is 3.45. The molecule has 4 unspecified atom stereocenters.